The molecule has 0 aromatic heterocycles. The molecule has 1 nitrogen and oxygen atoms in total. The first-order valence-corrected chi connectivity index (χ1v) is 23.0. The molecule has 2 heteroatoms. The Kier molecular flexibility index (Phi) is 8.35. The van der Waals surface area contributed by atoms with Crippen LogP contribution in [0.4, 0.5) is 17.1 Å². The maximum atomic E-state index is 2.57. The van der Waals surface area contributed by atoms with E-state index < -0.39 is 10.8 Å². The lowest BCUT2D eigenvalue weighted by atomic mass is 9.67. The maximum Gasteiger partial charge on any atom is 0.0736 e. The van der Waals surface area contributed by atoms with Crippen molar-refractivity contribution >= 4 is 28.8 Å². The van der Waals surface area contributed by atoms with Gasteiger partial charge in [0.1, 0.15) is 0 Å². The third-order valence-electron chi connectivity index (χ3n) is 14.0. The number of nitrogens with zero attached hydrogens (tertiary/aromatic N) is 1. The quantitative estimate of drug-likeness (QED) is 0.164. The van der Waals surface area contributed by atoms with Gasteiger partial charge in [0, 0.05) is 21.0 Å². The lowest BCUT2D eigenvalue weighted by Crippen LogP contribution is -2.32. The van der Waals surface area contributed by atoms with Crippen molar-refractivity contribution in [2.24, 2.45) is 0 Å². The highest BCUT2D eigenvalue weighted by molar-refractivity contribution is 7.99. The number of hydrogen-bond acceptors (Lipinski definition) is 2. The highest BCUT2D eigenvalue weighted by atomic mass is 32.2. The zero-order valence-electron chi connectivity index (χ0n) is 35.0. The fraction of sp³-hybridized carbons (Fsp3) is 0.0323. The van der Waals surface area contributed by atoms with Gasteiger partial charge in [-0.15, -0.1) is 0 Å². The summed E-state index contributed by atoms with van der Waals surface area (Å²) in [7, 11) is 0. The lowest BCUT2D eigenvalue weighted by molar-refractivity contribution is 0.722. The van der Waals surface area contributed by atoms with Crippen LogP contribution in [-0.2, 0) is 10.8 Å². The molecule has 0 fully saturated rings. The molecule has 300 valence electrons. The highest BCUT2D eigenvalue weighted by Crippen LogP contribution is 2.65. The normalized spacial score (nSPS) is 14.1. The molecule has 0 radical (unpaired) electrons. The van der Waals surface area contributed by atoms with Crippen LogP contribution >= 0.6 is 11.8 Å². The predicted octanol–water partition coefficient (Wildman–Crippen LogP) is 16.0. The Morgan fingerprint density at radius 3 is 1.34 bits per heavy atom. The van der Waals surface area contributed by atoms with Crippen molar-refractivity contribution in [3.63, 3.8) is 0 Å². The number of para-hydroxylation sites is 1. The number of benzene rings is 10. The number of hydrogen-bond donors (Lipinski definition) is 0. The number of anilines is 3. The summed E-state index contributed by atoms with van der Waals surface area (Å²) in [6, 6.07) is 92.8. The van der Waals surface area contributed by atoms with Gasteiger partial charge in [0.15, 0.2) is 0 Å². The first-order chi connectivity index (χ1) is 31.8. The fourth-order valence-electron chi connectivity index (χ4n) is 11.6. The van der Waals surface area contributed by atoms with E-state index in [1.165, 1.54) is 87.7 Å². The summed E-state index contributed by atoms with van der Waals surface area (Å²) in [4.78, 5) is 5.18. The summed E-state index contributed by atoms with van der Waals surface area (Å²) in [5.41, 5.74) is 20.1. The zero-order valence-corrected chi connectivity index (χ0v) is 35.8. The smallest absolute Gasteiger partial charge is 0.0736 e. The SMILES string of the molecule is c1ccc(-c2ccc(N(c3ccccc3C3(c4ccccc4)c4ccccc4-c4ccccc43)c3cccc4c3-c3ccccc3C43c4ccccc4Sc4ccccc43)cc2)cc1. The van der Waals surface area contributed by atoms with Crippen molar-refractivity contribution in [2.45, 2.75) is 20.6 Å². The molecule has 64 heavy (non-hydrogen) atoms. The van der Waals surface area contributed by atoms with Crippen LogP contribution in [0.5, 0.6) is 0 Å². The Morgan fingerprint density at radius 1 is 0.281 bits per heavy atom. The van der Waals surface area contributed by atoms with Crippen LogP contribution in [-0.4, -0.2) is 0 Å². The molecule has 1 aliphatic heterocycles. The van der Waals surface area contributed by atoms with E-state index in [1.54, 1.807) is 0 Å². The maximum absolute atomic E-state index is 2.57. The first kappa shape index (κ1) is 37.0. The van der Waals surface area contributed by atoms with Gasteiger partial charge in [-0.2, -0.15) is 0 Å². The molecule has 2 aliphatic carbocycles. The van der Waals surface area contributed by atoms with Gasteiger partial charge >= 0.3 is 0 Å². The van der Waals surface area contributed by atoms with E-state index in [9.17, 15) is 0 Å². The average molecular weight is 832 g/mol. The van der Waals surface area contributed by atoms with Crippen LogP contribution in [0.25, 0.3) is 33.4 Å². The summed E-state index contributed by atoms with van der Waals surface area (Å²) in [6.45, 7) is 0. The van der Waals surface area contributed by atoms with E-state index in [1.807, 2.05) is 11.8 Å². The molecular formula is C62H41NS. The third kappa shape index (κ3) is 5.09. The van der Waals surface area contributed by atoms with Crippen molar-refractivity contribution in [3.8, 4) is 33.4 Å². The molecule has 0 N–H and O–H groups in total. The summed E-state index contributed by atoms with van der Waals surface area (Å²) < 4.78 is 0. The van der Waals surface area contributed by atoms with Gasteiger partial charge in [0.2, 0.25) is 0 Å². The minimum absolute atomic E-state index is 0.503. The van der Waals surface area contributed by atoms with E-state index in [2.05, 4.69) is 254 Å². The van der Waals surface area contributed by atoms with Crippen LogP contribution in [0.3, 0.4) is 0 Å². The molecule has 0 saturated heterocycles. The first-order valence-electron chi connectivity index (χ1n) is 22.2. The van der Waals surface area contributed by atoms with Gasteiger partial charge < -0.3 is 4.90 Å². The van der Waals surface area contributed by atoms with Crippen LogP contribution in [0.15, 0.2) is 259 Å². The Bertz CT molecular complexity index is 3330. The largest absolute Gasteiger partial charge is 0.310 e. The van der Waals surface area contributed by atoms with E-state index in [0.717, 1.165) is 17.1 Å². The minimum atomic E-state index is -0.608. The number of rotatable bonds is 6. The average Bonchev–Trinajstić information content (AvgIpc) is 3.84. The Hall–Kier alpha value is -7.65. The fourth-order valence-corrected chi connectivity index (χ4v) is 12.8. The summed E-state index contributed by atoms with van der Waals surface area (Å²) >= 11 is 1.89. The van der Waals surface area contributed by atoms with Crippen molar-refractivity contribution in [3.05, 3.63) is 293 Å². The van der Waals surface area contributed by atoms with Gasteiger partial charge in [-0.05, 0) is 109 Å². The zero-order chi connectivity index (χ0) is 42.2. The van der Waals surface area contributed by atoms with E-state index in [0.29, 0.717) is 0 Å². The molecule has 13 rings (SSSR count). The summed E-state index contributed by atoms with van der Waals surface area (Å²) in [5.74, 6) is 0. The second kappa shape index (κ2) is 14.5. The lowest BCUT2D eigenvalue weighted by Gasteiger charge is -2.40. The molecule has 0 bridgehead atoms. The summed E-state index contributed by atoms with van der Waals surface area (Å²) in [5, 5.41) is 0. The van der Waals surface area contributed by atoms with Crippen molar-refractivity contribution in [1.29, 1.82) is 0 Å². The van der Waals surface area contributed by atoms with Gasteiger partial charge in [-0.1, -0.05) is 224 Å². The molecule has 0 atom stereocenters. The molecule has 0 saturated carbocycles. The minimum Gasteiger partial charge on any atom is -0.310 e. The van der Waals surface area contributed by atoms with Gasteiger partial charge in [0.25, 0.3) is 0 Å². The Morgan fingerprint density at radius 2 is 0.719 bits per heavy atom. The third-order valence-corrected chi connectivity index (χ3v) is 15.2. The van der Waals surface area contributed by atoms with Crippen molar-refractivity contribution < 1.29 is 0 Å². The van der Waals surface area contributed by atoms with E-state index >= 15 is 0 Å². The molecule has 1 heterocycles. The Balaban J connectivity index is 1.14. The van der Waals surface area contributed by atoms with Crippen molar-refractivity contribution in [1.82, 2.24) is 0 Å². The Labute approximate surface area is 379 Å². The summed E-state index contributed by atoms with van der Waals surface area (Å²) in [6.07, 6.45) is 0. The predicted molar refractivity (Wildman–Crippen MR) is 265 cm³/mol. The van der Waals surface area contributed by atoms with Crippen LogP contribution in [0.1, 0.15) is 44.5 Å². The topological polar surface area (TPSA) is 3.24 Å². The molecule has 0 unspecified atom stereocenters. The molecule has 10 aromatic rings. The molecular weight excluding hydrogens is 791 g/mol. The van der Waals surface area contributed by atoms with Crippen LogP contribution < -0.4 is 4.90 Å². The van der Waals surface area contributed by atoms with Crippen molar-refractivity contribution in [2.75, 3.05) is 4.90 Å². The van der Waals surface area contributed by atoms with Gasteiger partial charge in [-0.25, -0.2) is 0 Å². The monoisotopic (exact) mass is 831 g/mol. The van der Waals surface area contributed by atoms with Gasteiger partial charge in [-0.3, -0.25) is 0 Å². The molecule has 3 aliphatic rings. The van der Waals surface area contributed by atoms with Crippen LogP contribution in [0.2, 0.25) is 0 Å². The molecule has 10 aromatic carbocycles. The molecule has 0 amide bonds. The van der Waals surface area contributed by atoms with E-state index in [-0.39, 0.29) is 0 Å². The van der Waals surface area contributed by atoms with E-state index in [4.69, 9.17) is 0 Å². The standard InChI is InChI=1S/C62H41NS/c1-3-20-42(21-4-1)43-38-40-45(41-39-43)63(56-34-16-13-30-52(56)61(44-22-5-2-6-23-44)49-27-10-7-24-46(49)47-25-8-11-28-50(47)61)57-35-19-33-55-60(57)48-26-9-12-29-51(48)62(55)53-31-14-17-36-58(53)64-59-37-18-15-32-54(59)62/h1-41H. The number of fused-ring (bicyclic) bond motifs is 12. The highest BCUT2D eigenvalue weighted by Gasteiger charge is 2.52. The van der Waals surface area contributed by atoms with Crippen LogP contribution in [0, 0.1) is 0 Å². The molecule has 1 spiro atoms. The second-order valence-electron chi connectivity index (χ2n) is 17.1. The van der Waals surface area contributed by atoms with Gasteiger partial charge in [0.05, 0.1) is 22.2 Å². The second-order valence-corrected chi connectivity index (χ2v) is 18.1.